The topological polar surface area (TPSA) is 61.5 Å². The van der Waals surface area contributed by atoms with Gasteiger partial charge in [0.15, 0.2) is 5.82 Å². The monoisotopic (exact) mass is 320 g/mol. The lowest BCUT2D eigenvalue weighted by atomic mass is 10.2. The van der Waals surface area contributed by atoms with E-state index >= 15 is 0 Å². The van der Waals surface area contributed by atoms with Gasteiger partial charge < -0.3 is 9.47 Å². The Morgan fingerprint density at radius 2 is 2.00 bits per heavy atom. The molecule has 0 aliphatic rings. The van der Waals surface area contributed by atoms with Crippen molar-refractivity contribution < 1.29 is 9.47 Å². The second-order valence-corrected chi connectivity index (χ2v) is 5.64. The Labute approximate surface area is 134 Å². The smallest absolute Gasteiger partial charge is 0.211 e. The first-order chi connectivity index (χ1) is 10.6. The molecule has 0 unspecified atom stereocenters. The summed E-state index contributed by atoms with van der Waals surface area (Å²) in [4.78, 5) is 0. The molecule has 0 saturated heterocycles. The maximum Gasteiger partial charge on any atom is 0.211 e. The summed E-state index contributed by atoms with van der Waals surface area (Å²) in [5.74, 6) is 2.54. The number of hydrogen-bond acceptors (Lipinski definition) is 6. The highest BCUT2D eigenvalue weighted by atomic mass is 32.2. The zero-order valence-corrected chi connectivity index (χ0v) is 14.2. The average Bonchev–Trinajstić information content (AvgIpc) is 2.95. The summed E-state index contributed by atoms with van der Waals surface area (Å²) in [6.07, 6.45) is 3.68. The number of benzene rings is 1. The van der Waals surface area contributed by atoms with E-state index in [0.29, 0.717) is 0 Å². The van der Waals surface area contributed by atoms with Crippen molar-refractivity contribution in [3.63, 3.8) is 0 Å². The molecule has 6 nitrogen and oxygen atoms in total. The quantitative estimate of drug-likeness (QED) is 0.605. The molecule has 0 spiro atoms. The zero-order valence-electron chi connectivity index (χ0n) is 13.4. The molecule has 1 heterocycles. The highest BCUT2D eigenvalue weighted by Gasteiger charge is 2.13. The Bertz CT molecular complexity index is 668. The Morgan fingerprint density at radius 3 is 2.59 bits per heavy atom. The van der Waals surface area contributed by atoms with Crippen LogP contribution in [0.5, 0.6) is 11.5 Å². The van der Waals surface area contributed by atoms with Crippen LogP contribution < -0.4 is 9.47 Å². The van der Waals surface area contributed by atoms with Crippen molar-refractivity contribution in [2.24, 2.45) is 5.10 Å². The molecular formula is C15H20N4O2S. The molecule has 0 radical (unpaired) electrons. The van der Waals surface area contributed by atoms with Crippen LogP contribution >= 0.6 is 11.8 Å². The van der Waals surface area contributed by atoms with Gasteiger partial charge in [-0.25, -0.2) is 0 Å². The average molecular weight is 320 g/mol. The number of methoxy groups -OCH3 is 2. The van der Waals surface area contributed by atoms with E-state index in [-0.39, 0.29) is 5.92 Å². The maximum atomic E-state index is 5.36. The fraction of sp³-hybridized carbons (Fsp3) is 0.400. The molecule has 0 saturated carbocycles. The van der Waals surface area contributed by atoms with Crippen molar-refractivity contribution in [1.29, 1.82) is 0 Å². The number of hydrogen-bond donors (Lipinski definition) is 0. The van der Waals surface area contributed by atoms with E-state index in [1.807, 2.05) is 24.5 Å². The molecular weight excluding hydrogens is 300 g/mol. The van der Waals surface area contributed by atoms with Gasteiger partial charge in [0.1, 0.15) is 11.5 Å². The Kier molecular flexibility index (Phi) is 5.43. The first-order valence-corrected chi connectivity index (χ1v) is 8.08. The highest BCUT2D eigenvalue weighted by molar-refractivity contribution is 7.98. The van der Waals surface area contributed by atoms with Gasteiger partial charge in [-0.05, 0) is 24.5 Å². The number of rotatable bonds is 6. The van der Waals surface area contributed by atoms with Crippen molar-refractivity contribution in [3.8, 4) is 11.5 Å². The van der Waals surface area contributed by atoms with Gasteiger partial charge in [0.2, 0.25) is 5.16 Å². The lowest BCUT2D eigenvalue weighted by molar-refractivity contribution is 0.402. The normalized spacial score (nSPS) is 11.4. The fourth-order valence-electron chi connectivity index (χ4n) is 1.93. The zero-order chi connectivity index (χ0) is 16.1. The van der Waals surface area contributed by atoms with E-state index in [2.05, 4.69) is 29.1 Å². The fourth-order valence-corrected chi connectivity index (χ4v) is 2.37. The van der Waals surface area contributed by atoms with E-state index in [1.165, 1.54) is 11.8 Å². The third kappa shape index (κ3) is 3.41. The lowest BCUT2D eigenvalue weighted by Crippen LogP contribution is -2.02. The van der Waals surface area contributed by atoms with Crippen LogP contribution in [-0.2, 0) is 0 Å². The molecule has 22 heavy (non-hydrogen) atoms. The second kappa shape index (κ2) is 7.31. The van der Waals surface area contributed by atoms with Gasteiger partial charge in [-0.1, -0.05) is 25.6 Å². The van der Waals surface area contributed by atoms with E-state index in [1.54, 1.807) is 25.1 Å². The van der Waals surface area contributed by atoms with Gasteiger partial charge in [0.25, 0.3) is 0 Å². The van der Waals surface area contributed by atoms with E-state index < -0.39 is 0 Å². The van der Waals surface area contributed by atoms with E-state index in [9.17, 15) is 0 Å². The summed E-state index contributed by atoms with van der Waals surface area (Å²) in [6.45, 7) is 4.12. The molecule has 0 bridgehead atoms. The summed E-state index contributed by atoms with van der Waals surface area (Å²) < 4.78 is 12.4. The molecule has 2 aromatic rings. The molecule has 0 aliphatic carbocycles. The molecule has 118 valence electrons. The van der Waals surface area contributed by atoms with Gasteiger partial charge in [-0.15, -0.1) is 10.2 Å². The minimum absolute atomic E-state index is 0.234. The first-order valence-electron chi connectivity index (χ1n) is 6.86. The number of aromatic nitrogens is 3. The standard InChI is InChI=1S/C15H20N4O2S/c1-10(2)14-17-18-15(22-5)19(14)16-9-11-8-12(20-3)6-7-13(11)21-4/h6-10H,1-5H3/b16-9-. The van der Waals surface area contributed by atoms with Crippen molar-refractivity contribution in [3.05, 3.63) is 29.6 Å². The van der Waals surface area contributed by atoms with Crippen molar-refractivity contribution >= 4 is 18.0 Å². The number of nitrogens with zero attached hydrogens (tertiary/aromatic N) is 4. The molecule has 2 rings (SSSR count). The largest absolute Gasteiger partial charge is 0.497 e. The van der Waals surface area contributed by atoms with Crippen molar-refractivity contribution in [2.75, 3.05) is 20.5 Å². The molecule has 1 aromatic carbocycles. The Balaban J connectivity index is 2.42. The molecule has 0 fully saturated rings. The van der Waals surface area contributed by atoms with E-state index in [4.69, 9.17) is 9.47 Å². The van der Waals surface area contributed by atoms with Gasteiger partial charge in [-0.2, -0.15) is 9.78 Å². The molecule has 1 aromatic heterocycles. The summed E-state index contributed by atoms with van der Waals surface area (Å²) in [7, 11) is 3.26. The highest BCUT2D eigenvalue weighted by Crippen LogP contribution is 2.23. The van der Waals surface area contributed by atoms with Crippen LogP contribution in [0, 0.1) is 0 Å². The predicted octanol–water partition coefficient (Wildman–Crippen LogP) is 3.02. The van der Waals surface area contributed by atoms with Gasteiger partial charge in [0, 0.05) is 11.5 Å². The van der Waals surface area contributed by atoms with Crippen molar-refractivity contribution in [1.82, 2.24) is 14.9 Å². The third-order valence-electron chi connectivity index (χ3n) is 3.08. The predicted molar refractivity (Wildman–Crippen MR) is 88.4 cm³/mol. The summed E-state index contributed by atoms with van der Waals surface area (Å²) >= 11 is 1.51. The van der Waals surface area contributed by atoms with Crippen molar-refractivity contribution in [2.45, 2.75) is 24.9 Å². The molecule has 7 heteroatoms. The number of ether oxygens (including phenoxy) is 2. The summed E-state index contributed by atoms with van der Waals surface area (Å²) in [6, 6.07) is 5.58. The number of thioether (sulfide) groups is 1. The minimum Gasteiger partial charge on any atom is -0.497 e. The van der Waals surface area contributed by atoms with Crippen LogP contribution in [0.1, 0.15) is 31.2 Å². The lowest BCUT2D eigenvalue weighted by Gasteiger charge is -2.08. The third-order valence-corrected chi connectivity index (χ3v) is 3.70. The Morgan fingerprint density at radius 1 is 1.23 bits per heavy atom. The SMILES string of the molecule is COc1ccc(OC)c(/C=N\n2c(SC)nnc2C(C)C)c1. The molecule has 0 atom stereocenters. The molecule has 0 aliphatic heterocycles. The van der Waals surface area contributed by atoms with Crippen LogP contribution in [0.15, 0.2) is 28.5 Å². The molecule has 0 N–H and O–H groups in total. The minimum atomic E-state index is 0.234. The molecule has 0 amide bonds. The van der Waals surface area contributed by atoms with Gasteiger partial charge >= 0.3 is 0 Å². The first kappa shape index (κ1) is 16.4. The van der Waals surface area contributed by atoms with E-state index in [0.717, 1.165) is 28.0 Å². The van der Waals surface area contributed by atoms with Crippen LogP contribution in [0.25, 0.3) is 0 Å². The van der Waals surface area contributed by atoms with Crippen LogP contribution in [0.4, 0.5) is 0 Å². The van der Waals surface area contributed by atoms with Gasteiger partial charge in [0.05, 0.1) is 20.4 Å². The van der Waals surface area contributed by atoms with Crippen LogP contribution in [0.2, 0.25) is 0 Å². The summed E-state index contributed by atoms with van der Waals surface area (Å²) in [5, 5.41) is 13.6. The second-order valence-electron chi connectivity index (χ2n) is 4.86. The van der Waals surface area contributed by atoms with Crippen LogP contribution in [0.3, 0.4) is 0 Å². The summed E-state index contributed by atoms with van der Waals surface area (Å²) in [5.41, 5.74) is 0.831. The van der Waals surface area contributed by atoms with Crippen LogP contribution in [-0.4, -0.2) is 41.6 Å². The van der Waals surface area contributed by atoms with Gasteiger partial charge in [-0.3, -0.25) is 0 Å². The Hall–Kier alpha value is -2.02. The maximum absolute atomic E-state index is 5.36.